The van der Waals surface area contributed by atoms with Crippen LogP contribution in [0, 0.1) is 10.1 Å². The van der Waals surface area contributed by atoms with E-state index < -0.39 is 4.92 Å². The number of anilines is 2. The Morgan fingerprint density at radius 2 is 1.92 bits per heavy atom. The van der Waals surface area contributed by atoms with Crippen LogP contribution in [0.25, 0.3) is 0 Å². The maximum atomic E-state index is 10.8. The fourth-order valence-electron chi connectivity index (χ4n) is 2.63. The van der Waals surface area contributed by atoms with Crippen LogP contribution < -0.4 is 14.5 Å². The molecule has 1 fully saturated rings. The molecule has 126 valence electrons. The van der Waals surface area contributed by atoms with Crippen molar-refractivity contribution in [2.24, 2.45) is 0 Å². The number of halogens is 1. The molecule has 0 aliphatic carbocycles. The number of benzene rings is 1. The predicted molar refractivity (Wildman–Crippen MR) is 91.1 cm³/mol. The van der Waals surface area contributed by atoms with Gasteiger partial charge in [0, 0.05) is 38.3 Å². The topological polar surface area (TPSA) is 84.6 Å². The summed E-state index contributed by atoms with van der Waals surface area (Å²) in [6.07, 6.45) is 3.27. The quantitative estimate of drug-likeness (QED) is 0.618. The Kier molecular flexibility index (Phi) is 4.66. The standard InChI is InChI=1S/C15H16ClN5O3/c1-24-15-10-17-9-14(18-15)20-6-4-19(5-7-20)13-3-2-11(21(22)23)8-12(13)16/h2-3,8-10H,4-7H2,1H3. The molecular weight excluding hydrogens is 334 g/mol. The molecule has 0 saturated carbocycles. The van der Waals surface area contributed by atoms with Crippen LogP contribution in [0.1, 0.15) is 0 Å². The summed E-state index contributed by atoms with van der Waals surface area (Å²) in [6, 6.07) is 4.55. The van der Waals surface area contributed by atoms with Crippen molar-refractivity contribution in [3.05, 3.63) is 45.7 Å². The van der Waals surface area contributed by atoms with Crippen LogP contribution >= 0.6 is 11.6 Å². The van der Waals surface area contributed by atoms with Crippen molar-refractivity contribution in [1.82, 2.24) is 9.97 Å². The Bertz CT molecular complexity index is 750. The second-order valence-electron chi connectivity index (χ2n) is 5.29. The Morgan fingerprint density at radius 1 is 1.21 bits per heavy atom. The summed E-state index contributed by atoms with van der Waals surface area (Å²) in [6.45, 7) is 2.96. The number of nitro groups is 1. The van der Waals surface area contributed by atoms with E-state index in [0.717, 1.165) is 37.7 Å². The summed E-state index contributed by atoms with van der Waals surface area (Å²) in [5.74, 6) is 1.25. The summed E-state index contributed by atoms with van der Waals surface area (Å²) in [5, 5.41) is 11.2. The van der Waals surface area contributed by atoms with Crippen LogP contribution in [0.5, 0.6) is 5.88 Å². The molecule has 8 nitrogen and oxygen atoms in total. The maximum Gasteiger partial charge on any atom is 0.271 e. The van der Waals surface area contributed by atoms with Crippen LogP contribution in [0.2, 0.25) is 5.02 Å². The van der Waals surface area contributed by atoms with Crippen LogP contribution in [0.15, 0.2) is 30.6 Å². The van der Waals surface area contributed by atoms with E-state index in [1.807, 2.05) is 0 Å². The fraction of sp³-hybridized carbons (Fsp3) is 0.333. The Balaban J connectivity index is 1.69. The highest BCUT2D eigenvalue weighted by molar-refractivity contribution is 6.33. The summed E-state index contributed by atoms with van der Waals surface area (Å²) in [4.78, 5) is 23.1. The number of methoxy groups -OCH3 is 1. The van der Waals surface area contributed by atoms with Crippen molar-refractivity contribution in [3.63, 3.8) is 0 Å². The van der Waals surface area contributed by atoms with Crippen molar-refractivity contribution in [3.8, 4) is 5.88 Å². The van der Waals surface area contributed by atoms with Crippen LogP contribution in [0.4, 0.5) is 17.2 Å². The number of hydrogen-bond acceptors (Lipinski definition) is 7. The summed E-state index contributed by atoms with van der Waals surface area (Å²) in [5.41, 5.74) is 0.799. The lowest BCUT2D eigenvalue weighted by atomic mass is 10.2. The molecular formula is C15H16ClN5O3. The van der Waals surface area contributed by atoms with Gasteiger partial charge in [-0.05, 0) is 6.07 Å². The monoisotopic (exact) mass is 349 g/mol. The van der Waals surface area contributed by atoms with Crippen molar-refractivity contribution in [2.45, 2.75) is 0 Å². The number of nitro benzene ring substituents is 1. The van der Waals surface area contributed by atoms with Gasteiger partial charge in [0.05, 0.1) is 35.1 Å². The van der Waals surface area contributed by atoms with Crippen LogP contribution in [-0.4, -0.2) is 48.2 Å². The van der Waals surface area contributed by atoms with E-state index in [2.05, 4.69) is 19.8 Å². The highest BCUT2D eigenvalue weighted by Crippen LogP contribution is 2.30. The first-order valence-corrected chi connectivity index (χ1v) is 7.76. The van der Waals surface area contributed by atoms with E-state index in [9.17, 15) is 10.1 Å². The highest BCUT2D eigenvalue weighted by atomic mass is 35.5. The molecule has 0 atom stereocenters. The molecule has 0 N–H and O–H groups in total. The lowest BCUT2D eigenvalue weighted by Gasteiger charge is -2.36. The molecule has 0 bridgehead atoms. The molecule has 1 aromatic carbocycles. The van der Waals surface area contributed by atoms with Crippen molar-refractivity contribution in [2.75, 3.05) is 43.1 Å². The molecule has 2 aromatic rings. The van der Waals surface area contributed by atoms with Gasteiger partial charge in [-0.2, -0.15) is 4.98 Å². The number of piperazine rings is 1. The Morgan fingerprint density at radius 3 is 2.54 bits per heavy atom. The van der Waals surface area contributed by atoms with Crippen molar-refractivity contribution >= 4 is 28.8 Å². The van der Waals surface area contributed by atoms with Gasteiger partial charge >= 0.3 is 0 Å². The van der Waals surface area contributed by atoms with Crippen LogP contribution in [0.3, 0.4) is 0 Å². The Hall–Kier alpha value is -2.61. The molecule has 0 amide bonds. The average molecular weight is 350 g/mol. The molecule has 0 radical (unpaired) electrons. The minimum absolute atomic E-state index is 0.00552. The van der Waals surface area contributed by atoms with E-state index in [-0.39, 0.29) is 5.69 Å². The molecule has 3 rings (SSSR count). The zero-order valence-corrected chi connectivity index (χ0v) is 13.8. The van der Waals surface area contributed by atoms with Crippen molar-refractivity contribution in [1.29, 1.82) is 0 Å². The van der Waals surface area contributed by atoms with Gasteiger partial charge in [0.1, 0.15) is 0 Å². The second kappa shape index (κ2) is 6.88. The van der Waals surface area contributed by atoms with Gasteiger partial charge in [-0.3, -0.25) is 15.1 Å². The molecule has 1 aliphatic heterocycles. The lowest BCUT2D eigenvalue weighted by Crippen LogP contribution is -2.47. The van der Waals surface area contributed by atoms with Gasteiger partial charge in [0.15, 0.2) is 5.82 Å². The van der Waals surface area contributed by atoms with Gasteiger partial charge in [0.25, 0.3) is 5.69 Å². The third kappa shape index (κ3) is 3.33. The average Bonchev–Trinajstić information content (AvgIpc) is 2.62. The summed E-state index contributed by atoms with van der Waals surface area (Å²) < 4.78 is 5.10. The number of rotatable bonds is 4. The highest BCUT2D eigenvalue weighted by Gasteiger charge is 2.21. The third-order valence-corrected chi connectivity index (χ3v) is 4.20. The predicted octanol–water partition coefficient (Wildman–Crippen LogP) is 2.37. The number of ether oxygens (including phenoxy) is 1. The second-order valence-corrected chi connectivity index (χ2v) is 5.69. The van der Waals surface area contributed by atoms with E-state index in [1.165, 1.54) is 12.1 Å². The zero-order chi connectivity index (χ0) is 17.1. The van der Waals surface area contributed by atoms with E-state index in [0.29, 0.717) is 10.9 Å². The molecule has 24 heavy (non-hydrogen) atoms. The zero-order valence-electron chi connectivity index (χ0n) is 13.1. The minimum atomic E-state index is -0.449. The maximum absolute atomic E-state index is 10.8. The first-order valence-electron chi connectivity index (χ1n) is 7.38. The molecule has 1 saturated heterocycles. The normalized spacial score (nSPS) is 14.6. The molecule has 0 unspecified atom stereocenters. The summed E-state index contributed by atoms with van der Waals surface area (Å²) >= 11 is 6.20. The number of hydrogen-bond donors (Lipinski definition) is 0. The van der Waals surface area contributed by atoms with Gasteiger partial charge in [-0.25, -0.2) is 0 Å². The van der Waals surface area contributed by atoms with E-state index in [1.54, 1.807) is 25.6 Å². The van der Waals surface area contributed by atoms with Crippen LogP contribution in [-0.2, 0) is 0 Å². The molecule has 9 heteroatoms. The van der Waals surface area contributed by atoms with Gasteiger partial charge in [-0.15, -0.1) is 0 Å². The number of nitrogens with zero attached hydrogens (tertiary/aromatic N) is 5. The molecule has 0 spiro atoms. The molecule has 1 aliphatic rings. The smallest absolute Gasteiger partial charge is 0.271 e. The molecule has 1 aromatic heterocycles. The van der Waals surface area contributed by atoms with Gasteiger partial charge in [-0.1, -0.05) is 11.6 Å². The Labute approximate surface area is 143 Å². The van der Waals surface area contributed by atoms with E-state index in [4.69, 9.17) is 16.3 Å². The lowest BCUT2D eigenvalue weighted by molar-refractivity contribution is -0.384. The van der Waals surface area contributed by atoms with E-state index >= 15 is 0 Å². The third-order valence-electron chi connectivity index (χ3n) is 3.90. The number of aromatic nitrogens is 2. The SMILES string of the molecule is COc1cncc(N2CCN(c3ccc([N+](=O)[O-])cc3Cl)CC2)n1. The fourth-order valence-corrected chi connectivity index (χ4v) is 2.93. The largest absolute Gasteiger partial charge is 0.480 e. The minimum Gasteiger partial charge on any atom is -0.480 e. The van der Waals surface area contributed by atoms with Crippen molar-refractivity contribution < 1.29 is 9.66 Å². The number of non-ortho nitro benzene ring substituents is 1. The van der Waals surface area contributed by atoms with Gasteiger partial charge < -0.3 is 14.5 Å². The first-order chi connectivity index (χ1) is 11.6. The summed E-state index contributed by atoms with van der Waals surface area (Å²) in [7, 11) is 1.56. The molecule has 2 heterocycles. The van der Waals surface area contributed by atoms with Gasteiger partial charge in [0.2, 0.25) is 5.88 Å². The first kappa shape index (κ1) is 16.3.